The Morgan fingerprint density at radius 1 is 1.42 bits per heavy atom. The van der Waals surface area contributed by atoms with Crippen LogP contribution in [0, 0.1) is 5.92 Å². The molecule has 0 spiro atoms. The highest BCUT2D eigenvalue weighted by atomic mass is 79.9. The van der Waals surface area contributed by atoms with Crippen LogP contribution in [0.3, 0.4) is 0 Å². The molecule has 1 aromatic carbocycles. The fourth-order valence-corrected chi connectivity index (χ4v) is 3.51. The average molecular weight is 348 g/mol. The summed E-state index contributed by atoms with van der Waals surface area (Å²) >= 11 is 3.60. The minimum atomic E-state index is 0. The zero-order chi connectivity index (χ0) is 12.5. The summed E-state index contributed by atoms with van der Waals surface area (Å²) in [5.74, 6) is 1.79. The number of fused-ring (bicyclic) bond motifs is 1. The summed E-state index contributed by atoms with van der Waals surface area (Å²) in [6.07, 6.45) is 2.26. The molecule has 2 heterocycles. The zero-order valence-electron chi connectivity index (χ0n) is 10.9. The van der Waals surface area contributed by atoms with Crippen LogP contribution in [0.25, 0.3) is 0 Å². The lowest BCUT2D eigenvalue weighted by atomic mass is 10.1. The van der Waals surface area contributed by atoms with Gasteiger partial charge in [0.15, 0.2) is 0 Å². The lowest BCUT2D eigenvalue weighted by molar-refractivity contribution is 0.303. The third-order valence-corrected chi connectivity index (χ3v) is 4.38. The molecule has 1 fully saturated rings. The first kappa shape index (κ1) is 15.1. The van der Waals surface area contributed by atoms with Crippen molar-refractivity contribution in [1.29, 1.82) is 0 Å². The van der Waals surface area contributed by atoms with Crippen molar-refractivity contribution in [3.63, 3.8) is 0 Å². The van der Waals surface area contributed by atoms with Crippen molar-refractivity contribution in [1.82, 2.24) is 4.90 Å². The van der Waals surface area contributed by atoms with Gasteiger partial charge in [-0.15, -0.1) is 12.4 Å². The standard InChI is InChI=1S/C14H19BrN2O.ClH/c15-13-5-11-2-4-18-14(11)12(6-13)9-17-3-1-10(7-16)8-17;/h5-6,10H,1-4,7-9,16H2;1H. The normalized spacial score (nSPS) is 21.9. The Morgan fingerprint density at radius 3 is 3.00 bits per heavy atom. The zero-order valence-corrected chi connectivity index (χ0v) is 13.3. The molecular formula is C14H20BrClN2O. The Morgan fingerprint density at radius 2 is 2.26 bits per heavy atom. The SMILES string of the molecule is Cl.NCC1CCN(Cc2cc(Br)cc3c2OCC3)C1. The molecule has 1 atom stereocenters. The van der Waals surface area contributed by atoms with Gasteiger partial charge in [0.2, 0.25) is 0 Å². The summed E-state index contributed by atoms with van der Waals surface area (Å²) in [6, 6.07) is 4.37. The second-order valence-corrected chi connectivity index (χ2v) is 6.19. The number of hydrogen-bond acceptors (Lipinski definition) is 3. The van der Waals surface area contributed by atoms with Crippen LogP contribution in [-0.4, -0.2) is 31.1 Å². The molecule has 0 saturated carbocycles. The Balaban J connectivity index is 0.00000133. The molecule has 0 amide bonds. The molecule has 0 radical (unpaired) electrons. The topological polar surface area (TPSA) is 38.5 Å². The van der Waals surface area contributed by atoms with Crippen LogP contribution in [0.4, 0.5) is 0 Å². The fourth-order valence-electron chi connectivity index (χ4n) is 2.95. The summed E-state index contributed by atoms with van der Waals surface area (Å²) in [4.78, 5) is 2.49. The number of benzene rings is 1. The fraction of sp³-hybridized carbons (Fsp3) is 0.571. The Labute approximate surface area is 129 Å². The number of halogens is 2. The number of nitrogens with two attached hydrogens (primary N) is 1. The number of nitrogens with zero attached hydrogens (tertiary/aromatic N) is 1. The quantitative estimate of drug-likeness (QED) is 0.913. The molecule has 3 rings (SSSR count). The van der Waals surface area contributed by atoms with Crippen molar-refractivity contribution in [2.45, 2.75) is 19.4 Å². The van der Waals surface area contributed by atoms with E-state index in [1.807, 2.05) is 0 Å². The molecule has 5 heteroatoms. The van der Waals surface area contributed by atoms with Gasteiger partial charge in [0.25, 0.3) is 0 Å². The van der Waals surface area contributed by atoms with Crippen molar-refractivity contribution in [2.75, 3.05) is 26.2 Å². The van der Waals surface area contributed by atoms with Crippen LogP contribution in [0.1, 0.15) is 17.5 Å². The molecule has 1 aromatic rings. The highest BCUT2D eigenvalue weighted by molar-refractivity contribution is 9.10. The second-order valence-electron chi connectivity index (χ2n) is 5.28. The molecule has 19 heavy (non-hydrogen) atoms. The average Bonchev–Trinajstić information content (AvgIpc) is 2.97. The van der Waals surface area contributed by atoms with E-state index in [9.17, 15) is 0 Å². The summed E-state index contributed by atoms with van der Waals surface area (Å²) < 4.78 is 6.94. The molecular weight excluding hydrogens is 328 g/mol. The molecule has 2 aliphatic heterocycles. The highest BCUT2D eigenvalue weighted by Gasteiger charge is 2.24. The van der Waals surface area contributed by atoms with Gasteiger partial charge in [-0.05, 0) is 43.1 Å². The molecule has 2 N–H and O–H groups in total. The van der Waals surface area contributed by atoms with Gasteiger partial charge in [-0.3, -0.25) is 4.90 Å². The van der Waals surface area contributed by atoms with E-state index in [0.717, 1.165) is 49.4 Å². The smallest absolute Gasteiger partial charge is 0.127 e. The van der Waals surface area contributed by atoms with Gasteiger partial charge in [-0.25, -0.2) is 0 Å². The molecule has 2 aliphatic rings. The van der Waals surface area contributed by atoms with Crippen molar-refractivity contribution in [2.24, 2.45) is 11.7 Å². The lowest BCUT2D eigenvalue weighted by Crippen LogP contribution is -2.23. The van der Waals surface area contributed by atoms with E-state index in [2.05, 4.69) is 33.0 Å². The Hall–Kier alpha value is -0.290. The van der Waals surface area contributed by atoms with Crippen molar-refractivity contribution in [3.8, 4) is 5.75 Å². The molecule has 1 unspecified atom stereocenters. The van der Waals surface area contributed by atoms with E-state index in [4.69, 9.17) is 10.5 Å². The summed E-state index contributed by atoms with van der Waals surface area (Å²) in [5, 5.41) is 0. The third kappa shape index (κ3) is 3.24. The van der Waals surface area contributed by atoms with Crippen LogP contribution in [-0.2, 0) is 13.0 Å². The van der Waals surface area contributed by atoms with Gasteiger partial charge in [-0.2, -0.15) is 0 Å². The monoisotopic (exact) mass is 346 g/mol. The maximum Gasteiger partial charge on any atom is 0.127 e. The van der Waals surface area contributed by atoms with Gasteiger partial charge in [-0.1, -0.05) is 15.9 Å². The largest absolute Gasteiger partial charge is 0.493 e. The predicted octanol–water partition coefficient (Wildman–Crippen LogP) is 2.59. The molecule has 0 bridgehead atoms. The van der Waals surface area contributed by atoms with Crippen LogP contribution in [0.5, 0.6) is 5.75 Å². The van der Waals surface area contributed by atoms with Crippen LogP contribution in [0.2, 0.25) is 0 Å². The molecule has 1 saturated heterocycles. The number of rotatable bonds is 3. The van der Waals surface area contributed by atoms with Crippen molar-refractivity contribution < 1.29 is 4.74 Å². The van der Waals surface area contributed by atoms with Gasteiger partial charge in [0.1, 0.15) is 5.75 Å². The number of likely N-dealkylation sites (tertiary alicyclic amines) is 1. The summed E-state index contributed by atoms with van der Waals surface area (Å²) in [6.45, 7) is 4.90. The van der Waals surface area contributed by atoms with Gasteiger partial charge < -0.3 is 10.5 Å². The predicted molar refractivity (Wildman–Crippen MR) is 83.0 cm³/mol. The van der Waals surface area contributed by atoms with E-state index in [-0.39, 0.29) is 12.4 Å². The number of hydrogen-bond donors (Lipinski definition) is 1. The molecule has 3 nitrogen and oxygen atoms in total. The third-order valence-electron chi connectivity index (χ3n) is 3.92. The van der Waals surface area contributed by atoms with E-state index >= 15 is 0 Å². The maximum atomic E-state index is 5.78. The number of ether oxygens (including phenoxy) is 1. The molecule has 0 aromatic heterocycles. The lowest BCUT2D eigenvalue weighted by Gasteiger charge is -2.18. The summed E-state index contributed by atoms with van der Waals surface area (Å²) in [7, 11) is 0. The first-order valence-electron chi connectivity index (χ1n) is 6.63. The van der Waals surface area contributed by atoms with Crippen LogP contribution >= 0.6 is 28.3 Å². The first-order chi connectivity index (χ1) is 8.76. The minimum absolute atomic E-state index is 0. The van der Waals surface area contributed by atoms with Crippen molar-refractivity contribution in [3.05, 3.63) is 27.7 Å². The van der Waals surface area contributed by atoms with Crippen LogP contribution < -0.4 is 10.5 Å². The van der Waals surface area contributed by atoms with E-state index in [0.29, 0.717) is 5.92 Å². The Kier molecular flexibility index (Phi) is 5.12. The molecule has 0 aliphatic carbocycles. The Bertz CT molecular complexity index is 455. The second kappa shape index (κ2) is 6.44. The van der Waals surface area contributed by atoms with Crippen molar-refractivity contribution >= 4 is 28.3 Å². The van der Waals surface area contributed by atoms with E-state index in [1.165, 1.54) is 17.5 Å². The first-order valence-corrected chi connectivity index (χ1v) is 7.42. The maximum absolute atomic E-state index is 5.78. The molecule has 106 valence electrons. The van der Waals surface area contributed by atoms with Crippen LogP contribution in [0.15, 0.2) is 16.6 Å². The highest BCUT2D eigenvalue weighted by Crippen LogP contribution is 2.34. The van der Waals surface area contributed by atoms with E-state index < -0.39 is 0 Å². The van der Waals surface area contributed by atoms with Gasteiger partial charge in [0, 0.05) is 29.5 Å². The summed E-state index contributed by atoms with van der Waals surface area (Å²) in [5.41, 5.74) is 8.40. The van der Waals surface area contributed by atoms with Gasteiger partial charge >= 0.3 is 0 Å². The van der Waals surface area contributed by atoms with Gasteiger partial charge in [0.05, 0.1) is 6.61 Å². The van der Waals surface area contributed by atoms with E-state index in [1.54, 1.807) is 0 Å². The minimum Gasteiger partial charge on any atom is -0.493 e.